The van der Waals surface area contributed by atoms with Gasteiger partial charge in [-0.3, -0.25) is 0 Å². The maximum Gasteiger partial charge on any atom is 0.171 e. The van der Waals surface area contributed by atoms with Crippen molar-refractivity contribution in [2.75, 3.05) is 0 Å². The van der Waals surface area contributed by atoms with Crippen LogP contribution < -0.4 is 0 Å². The number of hydrogen-bond acceptors (Lipinski definition) is 2. The van der Waals surface area contributed by atoms with E-state index in [0.29, 0.717) is 11.3 Å². The maximum atomic E-state index is 9.57. The Morgan fingerprint density at radius 1 is 1.44 bits per heavy atom. The van der Waals surface area contributed by atoms with Crippen molar-refractivity contribution in [3.63, 3.8) is 0 Å². The Morgan fingerprint density at radius 3 is 2.75 bits per heavy atom. The zero-order valence-electron chi connectivity index (χ0n) is 10.0. The molecule has 1 atom stereocenters. The minimum Gasteiger partial charge on any atom is -0.505 e. The number of fused-ring (bicyclic) bond motifs is 1. The zero-order valence-corrected chi connectivity index (χ0v) is 10.8. The van der Waals surface area contributed by atoms with Gasteiger partial charge in [0.15, 0.2) is 10.9 Å². The van der Waals surface area contributed by atoms with Crippen molar-refractivity contribution in [1.82, 2.24) is 4.98 Å². The summed E-state index contributed by atoms with van der Waals surface area (Å²) in [6, 6.07) is 1.78. The van der Waals surface area contributed by atoms with E-state index in [0.717, 1.165) is 30.5 Å². The van der Waals surface area contributed by atoms with E-state index in [1.54, 1.807) is 6.07 Å². The Labute approximate surface area is 102 Å². The summed E-state index contributed by atoms with van der Waals surface area (Å²) >= 11 is 5.81. The van der Waals surface area contributed by atoms with Crippen LogP contribution in [-0.2, 0) is 12.8 Å². The summed E-state index contributed by atoms with van der Waals surface area (Å²) < 4.78 is 0. The van der Waals surface area contributed by atoms with E-state index < -0.39 is 0 Å². The molecule has 0 aliphatic heterocycles. The van der Waals surface area contributed by atoms with Crippen molar-refractivity contribution in [1.29, 1.82) is 0 Å². The summed E-state index contributed by atoms with van der Waals surface area (Å²) in [5.74, 6) is 0.761. The second kappa shape index (κ2) is 3.92. The Bertz CT molecular complexity index is 409. The summed E-state index contributed by atoms with van der Waals surface area (Å²) in [7, 11) is 0. The highest BCUT2D eigenvalue weighted by Crippen LogP contribution is 2.38. The Balaban J connectivity index is 2.31. The molecule has 0 saturated heterocycles. The van der Waals surface area contributed by atoms with Crippen LogP contribution in [0.2, 0.25) is 5.15 Å². The number of rotatable bonds is 0. The van der Waals surface area contributed by atoms with Gasteiger partial charge in [-0.2, -0.15) is 0 Å². The lowest BCUT2D eigenvalue weighted by atomic mass is 9.71. The minimum absolute atomic E-state index is 0.106. The molecule has 1 N–H and O–H groups in total. The molecule has 0 spiro atoms. The number of aryl methyl sites for hydroxylation is 1. The van der Waals surface area contributed by atoms with Gasteiger partial charge in [0, 0.05) is 5.69 Å². The van der Waals surface area contributed by atoms with Crippen LogP contribution in [0.4, 0.5) is 0 Å². The molecular formula is C13H18ClNO. The SMILES string of the molecule is CC(C)(C)[C@@H]1CCc2nc(Cl)c(O)cc2C1. The molecule has 0 fully saturated rings. The number of aromatic nitrogens is 1. The van der Waals surface area contributed by atoms with Gasteiger partial charge < -0.3 is 5.11 Å². The van der Waals surface area contributed by atoms with E-state index in [9.17, 15) is 5.11 Å². The highest BCUT2D eigenvalue weighted by atomic mass is 35.5. The largest absolute Gasteiger partial charge is 0.505 e. The Morgan fingerprint density at radius 2 is 2.12 bits per heavy atom. The molecule has 0 unspecified atom stereocenters. The fraction of sp³-hybridized carbons (Fsp3) is 0.615. The van der Waals surface area contributed by atoms with Crippen LogP contribution in [0.1, 0.15) is 38.4 Å². The van der Waals surface area contributed by atoms with Crippen LogP contribution in [0.5, 0.6) is 5.75 Å². The van der Waals surface area contributed by atoms with Crippen molar-refractivity contribution >= 4 is 11.6 Å². The van der Waals surface area contributed by atoms with E-state index >= 15 is 0 Å². The average Bonchev–Trinajstić information content (AvgIpc) is 2.17. The molecule has 1 aromatic heterocycles. The molecule has 1 aliphatic rings. The summed E-state index contributed by atoms with van der Waals surface area (Å²) in [6.45, 7) is 6.81. The Kier molecular flexibility index (Phi) is 2.87. The highest BCUT2D eigenvalue weighted by molar-refractivity contribution is 6.30. The van der Waals surface area contributed by atoms with Crippen molar-refractivity contribution in [2.24, 2.45) is 11.3 Å². The van der Waals surface area contributed by atoms with E-state index in [1.807, 2.05) is 0 Å². The van der Waals surface area contributed by atoms with Gasteiger partial charge in [0.1, 0.15) is 0 Å². The summed E-state index contributed by atoms with van der Waals surface area (Å²) in [5, 5.41) is 9.80. The average molecular weight is 240 g/mol. The Hall–Kier alpha value is -0.760. The molecule has 1 aromatic rings. The second-order valence-corrected chi connectivity index (χ2v) is 6.07. The molecule has 88 valence electrons. The quantitative estimate of drug-likeness (QED) is 0.702. The van der Waals surface area contributed by atoms with E-state index in [1.165, 1.54) is 0 Å². The molecule has 2 rings (SSSR count). The van der Waals surface area contributed by atoms with Gasteiger partial charge in [-0.15, -0.1) is 0 Å². The van der Waals surface area contributed by atoms with E-state index in [-0.39, 0.29) is 10.9 Å². The molecule has 3 heteroatoms. The summed E-state index contributed by atoms with van der Waals surface area (Å²) in [5.41, 5.74) is 2.53. The lowest BCUT2D eigenvalue weighted by Crippen LogP contribution is -2.27. The zero-order chi connectivity index (χ0) is 11.9. The van der Waals surface area contributed by atoms with Crippen LogP contribution in [0.25, 0.3) is 0 Å². The number of nitrogens with zero attached hydrogens (tertiary/aromatic N) is 1. The van der Waals surface area contributed by atoms with Crippen molar-refractivity contribution < 1.29 is 5.11 Å². The van der Waals surface area contributed by atoms with Crippen molar-refractivity contribution in [2.45, 2.75) is 40.0 Å². The second-order valence-electron chi connectivity index (χ2n) is 5.71. The fourth-order valence-electron chi connectivity index (χ4n) is 2.37. The number of hydrogen-bond donors (Lipinski definition) is 1. The van der Waals surface area contributed by atoms with Gasteiger partial charge in [0.25, 0.3) is 0 Å². The third kappa shape index (κ3) is 2.17. The van der Waals surface area contributed by atoms with Gasteiger partial charge in [0.05, 0.1) is 0 Å². The molecule has 0 bridgehead atoms. The van der Waals surface area contributed by atoms with Crippen LogP contribution in [0.3, 0.4) is 0 Å². The number of aromatic hydroxyl groups is 1. The summed E-state index contributed by atoms with van der Waals surface area (Å²) in [6.07, 6.45) is 3.12. The van der Waals surface area contributed by atoms with Crippen LogP contribution >= 0.6 is 11.6 Å². The minimum atomic E-state index is 0.106. The molecule has 0 radical (unpaired) electrons. The van der Waals surface area contributed by atoms with Crippen LogP contribution in [0, 0.1) is 11.3 Å². The predicted molar refractivity (Wildman–Crippen MR) is 65.9 cm³/mol. The number of halogens is 1. The van der Waals surface area contributed by atoms with Gasteiger partial charge in [0.2, 0.25) is 0 Å². The third-order valence-corrected chi connectivity index (χ3v) is 3.82. The topological polar surface area (TPSA) is 33.1 Å². The van der Waals surface area contributed by atoms with E-state index in [4.69, 9.17) is 11.6 Å². The van der Waals surface area contributed by atoms with Crippen molar-refractivity contribution in [3.8, 4) is 5.75 Å². The normalized spacial score (nSPS) is 20.6. The van der Waals surface area contributed by atoms with Gasteiger partial charge >= 0.3 is 0 Å². The van der Waals surface area contributed by atoms with Gasteiger partial charge in [-0.25, -0.2) is 4.98 Å². The molecule has 0 saturated carbocycles. The number of pyridine rings is 1. The smallest absolute Gasteiger partial charge is 0.171 e. The molecule has 16 heavy (non-hydrogen) atoms. The first-order chi connectivity index (χ1) is 7.38. The molecule has 0 aromatic carbocycles. The standard InChI is InChI=1S/C13H18ClNO/c1-13(2,3)9-4-5-10-8(6-9)7-11(16)12(14)15-10/h7,9,16H,4-6H2,1-3H3/t9-/m1/s1. The first-order valence-corrected chi connectivity index (χ1v) is 6.13. The molecular weight excluding hydrogens is 222 g/mol. The molecule has 1 heterocycles. The van der Waals surface area contributed by atoms with Crippen LogP contribution in [-0.4, -0.2) is 10.1 Å². The lowest BCUT2D eigenvalue weighted by molar-refractivity contribution is 0.214. The molecule has 1 aliphatic carbocycles. The first kappa shape index (κ1) is 11.7. The maximum absolute atomic E-state index is 9.57. The third-order valence-electron chi connectivity index (χ3n) is 3.55. The fourth-order valence-corrected chi connectivity index (χ4v) is 2.52. The molecule has 2 nitrogen and oxygen atoms in total. The molecule has 0 amide bonds. The first-order valence-electron chi connectivity index (χ1n) is 5.75. The van der Waals surface area contributed by atoms with Crippen LogP contribution in [0.15, 0.2) is 6.07 Å². The lowest BCUT2D eigenvalue weighted by Gasteiger charge is -2.34. The highest BCUT2D eigenvalue weighted by Gasteiger charge is 2.29. The summed E-state index contributed by atoms with van der Waals surface area (Å²) in [4.78, 5) is 4.25. The van der Waals surface area contributed by atoms with E-state index in [2.05, 4.69) is 25.8 Å². The van der Waals surface area contributed by atoms with Gasteiger partial charge in [-0.1, -0.05) is 32.4 Å². The monoisotopic (exact) mass is 239 g/mol. The van der Waals surface area contributed by atoms with Gasteiger partial charge in [-0.05, 0) is 42.2 Å². The van der Waals surface area contributed by atoms with Crippen molar-refractivity contribution in [3.05, 3.63) is 22.5 Å². The predicted octanol–water partition coefficient (Wildman–Crippen LogP) is 3.59.